The van der Waals surface area contributed by atoms with Crippen molar-refractivity contribution in [2.75, 3.05) is 6.54 Å². The van der Waals surface area contributed by atoms with E-state index in [1.54, 1.807) is 0 Å². The molecule has 0 N–H and O–H groups in total. The van der Waals surface area contributed by atoms with E-state index in [9.17, 15) is 0 Å². The van der Waals surface area contributed by atoms with Crippen LogP contribution in [0.5, 0.6) is 0 Å². The summed E-state index contributed by atoms with van der Waals surface area (Å²) in [6.07, 6.45) is 5.72. The van der Waals surface area contributed by atoms with Gasteiger partial charge >= 0.3 is 0 Å². The topological polar surface area (TPSA) is 14.1 Å². The lowest BCUT2D eigenvalue weighted by atomic mass is 10.2. The molecular formula is C9H18N. The first-order valence-electron chi connectivity index (χ1n) is 4.45. The summed E-state index contributed by atoms with van der Waals surface area (Å²) in [7, 11) is 0. The average Bonchev–Trinajstić information content (AvgIpc) is 2.62. The van der Waals surface area contributed by atoms with Crippen LogP contribution < -0.4 is 5.32 Å². The molecule has 1 fully saturated rings. The number of hydrogen-bond donors (Lipinski definition) is 0. The Balaban J connectivity index is 1.76. The highest BCUT2D eigenvalue weighted by molar-refractivity contribution is 4.72. The van der Waals surface area contributed by atoms with Crippen LogP contribution in [0.1, 0.15) is 39.5 Å². The molecule has 1 heteroatoms. The average molecular weight is 140 g/mol. The molecule has 0 aliphatic heterocycles. The van der Waals surface area contributed by atoms with E-state index >= 15 is 0 Å². The zero-order valence-corrected chi connectivity index (χ0v) is 7.14. The molecule has 0 aromatic carbocycles. The van der Waals surface area contributed by atoms with Crippen molar-refractivity contribution in [3.63, 3.8) is 0 Å². The Morgan fingerprint density at radius 2 is 2.10 bits per heavy atom. The van der Waals surface area contributed by atoms with Gasteiger partial charge in [0.05, 0.1) is 0 Å². The molecule has 1 aliphatic rings. The summed E-state index contributed by atoms with van der Waals surface area (Å²) in [5.74, 6) is 1.09. The van der Waals surface area contributed by atoms with Crippen LogP contribution in [0.15, 0.2) is 0 Å². The highest BCUT2D eigenvalue weighted by Gasteiger charge is 2.19. The molecule has 0 spiro atoms. The first-order valence-corrected chi connectivity index (χ1v) is 4.45. The third-order valence-electron chi connectivity index (χ3n) is 1.96. The summed E-state index contributed by atoms with van der Waals surface area (Å²) >= 11 is 0. The van der Waals surface area contributed by atoms with E-state index in [0.29, 0.717) is 6.04 Å². The molecule has 0 atom stereocenters. The van der Waals surface area contributed by atoms with Crippen LogP contribution in [0, 0.1) is 5.92 Å². The van der Waals surface area contributed by atoms with Gasteiger partial charge in [-0.1, -0.05) is 12.8 Å². The van der Waals surface area contributed by atoms with Crippen molar-refractivity contribution in [1.82, 2.24) is 5.32 Å². The minimum absolute atomic E-state index is 0.541. The van der Waals surface area contributed by atoms with Gasteiger partial charge in [-0.3, -0.25) is 0 Å². The van der Waals surface area contributed by atoms with E-state index in [1.807, 2.05) is 0 Å². The quantitative estimate of drug-likeness (QED) is 0.520. The number of nitrogens with zero attached hydrogens (tertiary/aromatic N) is 1. The second-order valence-corrected chi connectivity index (χ2v) is 3.59. The molecule has 1 saturated carbocycles. The van der Waals surface area contributed by atoms with Crippen molar-refractivity contribution in [2.45, 2.75) is 45.6 Å². The van der Waals surface area contributed by atoms with Gasteiger partial charge in [-0.25, -0.2) is 5.32 Å². The normalized spacial score (nSPS) is 18.3. The van der Waals surface area contributed by atoms with Crippen LogP contribution in [0.4, 0.5) is 0 Å². The van der Waals surface area contributed by atoms with E-state index < -0.39 is 0 Å². The maximum Gasteiger partial charge on any atom is 0.0189 e. The fourth-order valence-electron chi connectivity index (χ4n) is 1.14. The predicted molar refractivity (Wildman–Crippen MR) is 44.1 cm³/mol. The lowest BCUT2D eigenvalue weighted by Gasteiger charge is -2.03. The van der Waals surface area contributed by atoms with Crippen molar-refractivity contribution in [2.24, 2.45) is 5.92 Å². The molecule has 1 rings (SSSR count). The lowest BCUT2D eigenvalue weighted by molar-refractivity contribution is 0.533. The summed E-state index contributed by atoms with van der Waals surface area (Å²) < 4.78 is 0. The second kappa shape index (κ2) is 3.97. The molecule has 0 unspecified atom stereocenters. The van der Waals surface area contributed by atoms with E-state index in [0.717, 1.165) is 12.5 Å². The standard InChI is InChI=1S/C9H18N/c1-8(2)10-7-3-4-9-5-6-9/h8-9H,3-7H2,1-2H3. The third-order valence-corrected chi connectivity index (χ3v) is 1.96. The maximum atomic E-state index is 4.42. The predicted octanol–water partition coefficient (Wildman–Crippen LogP) is 2.19. The highest BCUT2D eigenvalue weighted by Crippen LogP contribution is 2.33. The summed E-state index contributed by atoms with van der Waals surface area (Å²) in [6, 6.07) is 0.541. The lowest BCUT2D eigenvalue weighted by Crippen LogP contribution is -2.15. The molecular weight excluding hydrogens is 122 g/mol. The number of hydrogen-bond acceptors (Lipinski definition) is 0. The summed E-state index contributed by atoms with van der Waals surface area (Å²) in [5, 5.41) is 4.42. The fraction of sp³-hybridized carbons (Fsp3) is 1.00. The zero-order valence-electron chi connectivity index (χ0n) is 7.14. The van der Waals surface area contributed by atoms with Gasteiger partial charge in [0.1, 0.15) is 0 Å². The molecule has 59 valence electrons. The second-order valence-electron chi connectivity index (χ2n) is 3.59. The summed E-state index contributed by atoms with van der Waals surface area (Å²) in [4.78, 5) is 0. The van der Waals surface area contributed by atoms with Crippen LogP contribution in [-0.2, 0) is 0 Å². The molecule has 0 bridgehead atoms. The molecule has 0 saturated heterocycles. The molecule has 1 aliphatic carbocycles. The van der Waals surface area contributed by atoms with Gasteiger partial charge in [0, 0.05) is 12.6 Å². The monoisotopic (exact) mass is 140 g/mol. The van der Waals surface area contributed by atoms with Crippen molar-refractivity contribution >= 4 is 0 Å². The first-order chi connectivity index (χ1) is 4.79. The van der Waals surface area contributed by atoms with Gasteiger partial charge in [0.15, 0.2) is 0 Å². The highest BCUT2D eigenvalue weighted by atomic mass is 14.9. The van der Waals surface area contributed by atoms with Gasteiger partial charge < -0.3 is 0 Å². The van der Waals surface area contributed by atoms with Crippen molar-refractivity contribution in [1.29, 1.82) is 0 Å². The van der Waals surface area contributed by atoms with Crippen molar-refractivity contribution in [3.8, 4) is 0 Å². The Hall–Kier alpha value is -0.0400. The fourth-order valence-corrected chi connectivity index (χ4v) is 1.14. The van der Waals surface area contributed by atoms with Gasteiger partial charge in [0.25, 0.3) is 0 Å². The molecule has 0 amide bonds. The molecule has 0 aromatic heterocycles. The molecule has 1 radical (unpaired) electrons. The number of rotatable bonds is 5. The smallest absolute Gasteiger partial charge is 0.0189 e. The minimum Gasteiger partial charge on any atom is -0.239 e. The van der Waals surface area contributed by atoms with Crippen LogP contribution in [0.25, 0.3) is 0 Å². The van der Waals surface area contributed by atoms with E-state index in [2.05, 4.69) is 19.2 Å². The van der Waals surface area contributed by atoms with Crippen LogP contribution in [0.3, 0.4) is 0 Å². The molecule has 1 nitrogen and oxygen atoms in total. The van der Waals surface area contributed by atoms with E-state index in [4.69, 9.17) is 0 Å². The molecule has 0 heterocycles. The molecule has 0 aromatic rings. The largest absolute Gasteiger partial charge is 0.239 e. The minimum atomic E-state index is 0.541. The summed E-state index contributed by atoms with van der Waals surface area (Å²) in [5.41, 5.74) is 0. The van der Waals surface area contributed by atoms with Crippen LogP contribution >= 0.6 is 0 Å². The molecule has 10 heavy (non-hydrogen) atoms. The summed E-state index contributed by atoms with van der Waals surface area (Å²) in [6.45, 7) is 5.39. The first kappa shape index (κ1) is 8.06. The Kier molecular flexibility index (Phi) is 3.20. The maximum absolute atomic E-state index is 4.42. The van der Waals surface area contributed by atoms with Crippen LogP contribution in [-0.4, -0.2) is 12.6 Å². The Morgan fingerprint density at radius 3 is 2.60 bits per heavy atom. The van der Waals surface area contributed by atoms with Crippen molar-refractivity contribution in [3.05, 3.63) is 0 Å². The van der Waals surface area contributed by atoms with Gasteiger partial charge in [0.2, 0.25) is 0 Å². The Bertz CT molecular complexity index is 80.7. The van der Waals surface area contributed by atoms with Crippen LogP contribution in [0.2, 0.25) is 0 Å². The van der Waals surface area contributed by atoms with Gasteiger partial charge in [-0.05, 0) is 32.6 Å². The van der Waals surface area contributed by atoms with Gasteiger partial charge in [-0.2, -0.15) is 0 Å². The third kappa shape index (κ3) is 3.89. The van der Waals surface area contributed by atoms with Crippen molar-refractivity contribution < 1.29 is 0 Å². The SMILES string of the molecule is CC(C)[N]CCCC1CC1. The Labute approximate surface area is 64.2 Å². The van der Waals surface area contributed by atoms with Gasteiger partial charge in [-0.15, -0.1) is 0 Å². The van der Waals surface area contributed by atoms with E-state index in [-0.39, 0.29) is 0 Å². The Morgan fingerprint density at radius 1 is 1.40 bits per heavy atom. The zero-order chi connectivity index (χ0) is 7.40. The van der Waals surface area contributed by atoms with E-state index in [1.165, 1.54) is 25.7 Å².